The maximum absolute atomic E-state index is 12.6. The van der Waals surface area contributed by atoms with Crippen molar-refractivity contribution in [1.82, 2.24) is 10.2 Å². The van der Waals surface area contributed by atoms with E-state index in [2.05, 4.69) is 11.4 Å². The van der Waals surface area contributed by atoms with Crippen molar-refractivity contribution < 1.29 is 23.8 Å². The van der Waals surface area contributed by atoms with Gasteiger partial charge in [0.1, 0.15) is 12.4 Å². The van der Waals surface area contributed by atoms with Gasteiger partial charge in [0.2, 0.25) is 5.91 Å². The fourth-order valence-electron chi connectivity index (χ4n) is 3.57. The third-order valence-electron chi connectivity index (χ3n) is 5.12. The zero-order chi connectivity index (χ0) is 22.9. The first-order valence-electron chi connectivity index (χ1n) is 10.5. The topological polar surface area (TPSA) is 101 Å². The normalized spacial score (nSPS) is 20.1. The Morgan fingerprint density at radius 1 is 1.34 bits per heavy atom. The van der Waals surface area contributed by atoms with Gasteiger partial charge < -0.3 is 24.4 Å². The van der Waals surface area contributed by atoms with E-state index in [-0.39, 0.29) is 12.5 Å². The van der Waals surface area contributed by atoms with Crippen LogP contribution < -0.4 is 10.1 Å². The number of rotatable bonds is 8. The lowest BCUT2D eigenvalue weighted by Crippen LogP contribution is -2.37. The molecular weight excluding hydrogens is 430 g/mol. The van der Waals surface area contributed by atoms with Crippen molar-refractivity contribution in [3.05, 3.63) is 46.4 Å². The number of nitriles is 1. The molecule has 8 nitrogen and oxygen atoms in total. The standard InChI is InChI=1S/C23H27N3O5S/c1-3-30-19-7-5-4-6-16(19)8-9-21(27)25-22-18(14-24)17-10-11-26(15-20(17)32-22)23(28)31-13-12-29-2/h4-9,18,22H,3,10-13,15H2,1-2H3,(H,25,27)/b9-8+. The zero-order valence-electron chi connectivity index (χ0n) is 18.2. The lowest BCUT2D eigenvalue weighted by Gasteiger charge is -2.27. The van der Waals surface area contributed by atoms with Crippen molar-refractivity contribution in [3.8, 4) is 11.8 Å². The number of methoxy groups -OCH3 is 1. The molecule has 3 rings (SSSR count). The van der Waals surface area contributed by atoms with Crippen molar-refractivity contribution in [2.45, 2.75) is 18.7 Å². The van der Waals surface area contributed by atoms with Crippen LogP contribution in [-0.4, -0.2) is 62.3 Å². The smallest absolute Gasteiger partial charge is 0.410 e. The molecule has 1 aromatic carbocycles. The Labute approximate surface area is 192 Å². The van der Waals surface area contributed by atoms with Crippen molar-refractivity contribution in [2.24, 2.45) is 5.92 Å². The van der Waals surface area contributed by atoms with Gasteiger partial charge in [-0.2, -0.15) is 5.26 Å². The van der Waals surface area contributed by atoms with Gasteiger partial charge in [0.05, 0.1) is 37.1 Å². The van der Waals surface area contributed by atoms with Crippen LogP contribution in [0.15, 0.2) is 40.8 Å². The van der Waals surface area contributed by atoms with Gasteiger partial charge in [0.25, 0.3) is 0 Å². The summed E-state index contributed by atoms with van der Waals surface area (Å²) in [7, 11) is 1.55. The first-order valence-corrected chi connectivity index (χ1v) is 11.3. The molecule has 0 saturated carbocycles. The van der Waals surface area contributed by atoms with E-state index in [9.17, 15) is 14.9 Å². The maximum atomic E-state index is 12.6. The fraction of sp³-hybridized carbons (Fsp3) is 0.435. The minimum atomic E-state index is -0.422. The first-order chi connectivity index (χ1) is 15.6. The highest BCUT2D eigenvalue weighted by Gasteiger charge is 2.39. The van der Waals surface area contributed by atoms with E-state index < -0.39 is 17.4 Å². The molecule has 2 atom stereocenters. The molecule has 1 N–H and O–H groups in total. The summed E-state index contributed by atoms with van der Waals surface area (Å²) in [6.45, 7) is 3.85. The number of thioether (sulfide) groups is 1. The van der Waals surface area contributed by atoms with E-state index in [1.807, 2.05) is 31.2 Å². The highest BCUT2D eigenvalue weighted by Crippen LogP contribution is 2.44. The predicted octanol–water partition coefficient (Wildman–Crippen LogP) is 3.17. The molecule has 0 aromatic heterocycles. The summed E-state index contributed by atoms with van der Waals surface area (Å²) in [5.41, 5.74) is 1.80. The highest BCUT2D eigenvalue weighted by molar-refractivity contribution is 8.04. The van der Waals surface area contributed by atoms with Gasteiger partial charge in [-0.05, 0) is 31.1 Å². The molecule has 0 bridgehead atoms. The van der Waals surface area contributed by atoms with Crippen LogP contribution in [0.4, 0.5) is 4.79 Å². The number of nitrogens with zero attached hydrogens (tertiary/aromatic N) is 2. The van der Waals surface area contributed by atoms with Gasteiger partial charge in [0.15, 0.2) is 0 Å². The van der Waals surface area contributed by atoms with Gasteiger partial charge in [-0.3, -0.25) is 4.79 Å². The Morgan fingerprint density at radius 3 is 2.91 bits per heavy atom. The predicted molar refractivity (Wildman–Crippen MR) is 122 cm³/mol. The van der Waals surface area contributed by atoms with E-state index in [1.165, 1.54) is 17.8 Å². The van der Waals surface area contributed by atoms with Crippen LogP contribution in [-0.2, 0) is 14.3 Å². The van der Waals surface area contributed by atoms with Crippen molar-refractivity contribution >= 4 is 29.8 Å². The Hall–Kier alpha value is -2.96. The third-order valence-corrected chi connectivity index (χ3v) is 6.44. The molecule has 0 saturated heterocycles. The lowest BCUT2D eigenvalue weighted by molar-refractivity contribution is -0.116. The second kappa shape index (κ2) is 11.6. The number of amides is 2. The van der Waals surface area contributed by atoms with E-state index in [4.69, 9.17) is 14.2 Å². The van der Waals surface area contributed by atoms with Gasteiger partial charge in [-0.25, -0.2) is 4.79 Å². The van der Waals surface area contributed by atoms with E-state index >= 15 is 0 Å². The molecule has 0 spiro atoms. The number of nitrogens with one attached hydrogen (secondary N) is 1. The van der Waals surface area contributed by atoms with Crippen molar-refractivity contribution in [2.75, 3.05) is 40.0 Å². The molecule has 2 unspecified atom stereocenters. The average Bonchev–Trinajstić information content (AvgIpc) is 3.14. The number of benzene rings is 1. The van der Waals surface area contributed by atoms with Crippen molar-refractivity contribution in [3.63, 3.8) is 0 Å². The highest BCUT2D eigenvalue weighted by atomic mass is 32.2. The summed E-state index contributed by atoms with van der Waals surface area (Å²) in [5, 5.41) is 12.2. The Kier molecular flexibility index (Phi) is 8.59. The number of carbonyl (C=O) groups is 2. The SMILES string of the molecule is CCOc1ccccc1/C=C/C(=O)NC1SC2=C(CCN(C(=O)OCCOC)C2)C1C#N. The summed E-state index contributed by atoms with van der Waals surface area (Å²) in [6.07, 6.45) is 3.34. The van der Waals surface area contributed by atoms with Crippen LogP contribution >= 0.6 is 11.8 Å². The molecule has 0 radical (unpaired) electrons. The van der Waals surface area contributed by atoms with E-state index in [1.54, 1.807) is 18.1 Å². The fourth-order valence-corrected chi connectivity index (χ4v) is 5.03. The van der Waals surface area contributed by atoms with Crippen LogP contribution in [0.5, 0.6) is 5.75 Å². The van der Waals surface area contributed by atoms with E-state index in [0.29, 0.717) is 38.5 Å². The summed E-state index contributed by atoms with van der Waals surface area (Å²) >= 11 is 1.43. The largest absolute Gasteiger partial charge is 0.493 e. The number of hydrogen-bond acceptors (Lipinski definition) is 7. The van der Waals surface area contributed by atoms with Gasteiger partial charge in [-0.1, -0.05) is 18.2 Å². The number of carbonyl (C=O) groups excluding carboxylic acids is 2. The van der Waals surface area contributed by atoms with Crippen molar-refractivity contribution in [1.29, 1.82) is 5.26 Å². The summed E-state index contributed by atoms with van der Waals surface area (Å²) in [4.78, 5) is 27.3. The minimum absolute atomic E-state index is 0.198. The molecule has 2 aliphatic heterocycles. The average molecular weight is 458 g/mol. The third kappa shape index (κ3) is 5.84. The van der Waals surface area contributed by atoms with Crippen LogP contribution in [0.3, 0.4) is 0 Å². The van der Waals surface area contributed by atoms with Crippen LogP contribution in [0.1, 0.15) is 18.9 Å². The van der Waals surface area contributed by atoms with Gasteiger partial charge in [0, 0.05) is 30.2 Å². The molecule has 32 heavy (non-hydrogen) atoms. The molecule has 0 aliphatic carbocycles. The van der Waals surface area contributed by atoms with Gasteiger partial charge >= 0.3 is 6.09 Å². The number of ether oxygens (including phenoxy) is 3. The quantitative estimate of drug-likeness (QED) is 0.473. The van der Waals surface area contributed by atoms with E-state index in [0.717, 1.165) is 16.0 Å². The Bertz CT molecular complexity index is 940. The van der Waals surface area contributed by atoms with Crippen LogP contribution in [0.25, 0.3) is 6.08 Å². The molecular formula is C23H27N3O5S. The Balaban J connectivity index is 1.59. The molecule has 2 aliphatic rings. The minimum Gasteiger partial charge on any atom is -0.493 e. The second-order valence-electron chi connectivity index (χ2n) is 7.19. The number of para-hydroxylation sites is 1. The molecule has 1 aromatic rings. The zero-order valence-corrected chi connectivity index (χ0v) is 19.0. The molecule has 2 amide bonds. The van der Waals surface area contributed by atoms with Gasteiger partial charge in [-0.15, -0.1) is 11.8 Å². The summed E-state index contributed by atoms with van der Waals surface area (Å²) in [6, 6.07) is 9.79. The van der Waals surface area contributed by atoms with Crippen LogP contribution in [0.2, 0.25) is 0 Å². The number of hydrogen-bond donors (Lipinski definition) is 1. The summed E-state index contributed by atoms with van der Waals surface area (Å²) in [5.74, 6) is -0.00162. The Morgan fingerprint density at radius 2 is 2.16 bits per heavy atom. The first kappa shape index (κ1) is 23.7. The lowest BCUT2D eigenvalue weighted by atomic mass is 9.94. The monoisotopic (exact) mass is 457 g/mol. The van der Waals surface area contributed by atoms with Crippen LogP contribution in [0, 0.1) is 17.2 Å². The maximum Gasteiger partial charge on any atom is 0.410 e. The summed E-state index contributed by atoms with van der Waals surface area (Å²) < 4.78 is 15.7. The molecule has 2 heterocycles. The molecule has 0 fully saturated rings. The molecule has 170 valence electrons. The second-order valence-corrected chi connectivity index (χ2v) is 8.42. The molecule has 9 heteroatoms.